The standard InChI is InChI=1S/C19H16O4/c20-18(16-10-4-1-5-11-16)22-14-8-3-9-15-23-19(21)17-12-6-2-7-13-17/h1-2,4-7,10-13H,8,14-15H2. The van der Waals surface area contributed by atoms with Gasteiger partial charge in [-0.05, 0) is 24.3 Å². The van der Waals surface area contributed by atoms with Crippen LogP contribution in [0.2, 0.25) is 0 Å². The van der Waals surface area contributed by atoms with Gasteiger partial charge in [-0.2, -0.15) is 0 Å². The minimum Gasteiger partial charge on any atom is -0.461 e. The molecule has 2 aromatic rings. The zero-order chi connectivity index (χ0) is 16.3. The molecule has 23 heavy (non-hydrogen) atoms. The Labute approximate surface area is 135 Å². The fraction of sp³-hybridized carbons (Fsp3) is 0.158. The molecule has 116 valence electrons. The largest absolute Gasteiger partial charge is 0.461 e. The van der Waals surface area contributed by atoms with Crippen LogP contribution in [0.25, 0.3) is 0 Å². The van der Waals surface area contributed by atoms with E-state index in [9.17, 15) is 9.59 Å². The van der Waals surface area contributed by atoms with Gasteiger partial charge in [0.15, 0.2) is 6.61 Å². The first-order valence-corrected chi connectivity index (χ1v) is 7.17. The lowest BCUT2D eigenvalue weighted by Gasteiger charge is -2.01. The van der Waals surface area contributed by atoms with Crippen molar-refractivity contribution in [3.05, 3.63) is 71.8 Å². The summed E-state index contributed by atoms with van der Waals surface area (Å²) >= 11 is 0. The Morgan fingerprint density at radius 1 is 0.739 bits per heavy atom. The van der Waals surface area contributed by atoms with Gasteiger partial charge in [0.1, 0.15) is 6.61 Å². The molecule has 0 radical (unpaired) electrons. The molecular weight excluding hydrogens is 292 g/mol. The van der Waals surface area contributed by atoms with Gasteiger partial charge in [0, 0.05) is 6.42 Å². The third-order valence-electron chi connectivity index (χ3n) is 2.88. The number of benzene rings is 2. The van der Waals surface area contributed by atoms with E-state index in [2.05, 4.69) is 11.8 Å². The van der Waals surface area contributed by atoms with Crippen molar-refractivity contribution in [3.8, 4) is 11.8 Å². The van der Waals surface area contributed by atoms with Crippen molar-refractivity contribution >= 4 is 11.9 Å². The summed E-state index contributed by atoms with van der Waals surface area (Å²) in [6, 6.07) is 17.5. The highest BCUT2D eigenvalue weighted by molar-refractivity contribution is 5.89. The van der Waals surface area contributed by atoms with Crippen LogP contribution in [0.3, 0.4) is 0 Å². The summed E-state index contributed by atoms with van der Waals surface area (Å²) in [7, 11) is 0. The van der Waals surface area contributed by atoms with Crippen LogP contribution in [0, 0.1) is 11.8 Å². The van der Waals surface area contributed by atoms with Crippen molar-refractivity contribution in [2.45, 2.75) is 6.42 Å². The predicted octanol–water partition coefficient (Wildman–Crippen LogP) is 3.09. The highest BCUT2D eigenvalue weighted by atomic mass is 16.5. The number of carbonyl (C=O) groups is 2. The molecule has 0 saturated carbocycles. The molecule has 0 unspecified atom stereocenters. The number of hydrogen-bond donors (Lipinski definition) is 0. The molecule has 2 rings (SSSR count). The Kier molecular flexibility index (Phi) is 6.43. The van der Waals surface area contributed by atoms with Gasteiger partial charge in [0.2, 0.25) is 0 Å². The summed E-state index contributed by atoms with van der Waals surface area (Å²) in [5.41, 5.74) is 1.00. The minimum atomic E-state index is -0.407. The SMILES string of the molecule is O=C(OCC#CCCOC(=O)c1ccccc1)c1ccccc1. The molecule has 0 bridgehead atoms. The van der Waals surface area contributed by atoms with Crippen LogP contribution in [0.4, 0.5) is 0 Å². The van der Waals surface area contributed by atoms with Gasteiger partial charge >= 0.3 is 11.9 Å². The van der Waals surface area contributed by atoms with Gasteiger partial charge in [-0.1, -0.05) is 48.2 Å². The first-order chi connectivity index (χ1) is 11.3. The molecule has 0 saturated heterocycles. The zero-order valence-electron chi connectivity index (χ0n) is 12.5. The van der Waals surface area contributed by atoms with Crippen LogP contribution >= 0.6 is 0 Å². The maximum absolute atomic E-state index is 11.6. The van der Waals surface area contributed by atoms with Crippen molar-refractivity contribution in [1.29, 1.82) is 0 Å². The maximum atomic E-state index is 11.6. The summed E-state index contributed by atoms with van der Waals surface area (Å²) in [4.78, 5) is 23.3. The molecular formula is C19H16O4. The van der Waals surface area contributed by atoms with E-state index < -0.39 is 5.97 Å². The van der Waals surface area contributed by atoms with Gasteiger partial charge in [0.25, 0.3) is 0 Å². The lowest BCUT2D eigenvalue weighted by Crippen LogP contribution is -2.06. The number of ether oxygens (including phenoxy) is 2. The monoisotopic (exact) mass is 308 g/mol. The maximum Gasteiger partial charge on any atom is 0.339 e. The van der Waals surface area contributed by atoms with Crippen molar-refractivity contribution in [3.63, 3.8) is 0 Å². The van der Waals surface area contributed by atoms with Gasteiger partial charge in [-0.3, -0.25) is 0 Å². The molecule has 0 amide bonds. The molecule has 4 heteroatoms. The number of carbonyl (C=O) groups excluding carboxylic acids is 2. The fourth-order valence-corrected chi connectivity index (χ4v) is 1.75. The topological polar surface area (TPSA) is 52.6 Å². The van der Waals surface area contributed by atoms with Gasteiger partial charge in [0.05, 0.1) is 11.1 Å². The summed E-state index contributed by atoms with van der Waals surface area (Å²) in [5.74, 6) is 4.73. The molecule has 0 aliphatic rings. The van der Waals surface area contributed by atoms with Gasteiger partial charge in [-0.25, -0.2) is 9.59 Å². The van der Waals surface area contributed by atoms with Gasteiger partial charge in [-0.15, -0.1) is 0 Å². The first-order valence-electron chi connectivity index (χ1n) is 7.17. The van der Waals surface area contributed by atoms with E-state index in [1.165, 1.54) is 0 Å². The first kappa shape index (κ1) is 16.3. The van der Waals surface area contributed by atoms with Crippen LogP contribution in [0.5, 0.6) is 0 Å². The Morgan fingerprint density at radius 3 is 1.83 bits per heavy atom. The van der Waals surface area contributed by atoms with Crippen LogP contribution in [-0.2, 0) is 9.47 Å². The molecule has 0 aromatic heterocycles. The molecule has 0 aliphatic carbocycles. The van der Waals surface area contributed by atoms with Crippen LogP contribution in [0.15, 0.2) is 60.7 Å². The third-order valence-corrected chi connectivity index (χ3v) is 2.88. The Bertz CT molecular complexity index is 696. The lowest BCUT2D eigenvalue weighted by atomic mass is 10.2. The average molecular weight is 308 g/mol. The number of hydrogen-bond acceptors (Lipinski definition) is 4. The number of esters is 2. The zero-order valence-corrected chi connectivity index (χ0v) is 12.5. The molecule has 0 aliphatic heterocycles. The molecule has 0 heterocycles. The van der Waals surface area contributed by atoms with Crippen molar-refractivity contribution in [1.82, 2.24) is 0 Å². The van der Waals surface area contributed by atoms with E-state index in [4.69, 9.17) is 9.47 Å². The highest BCUT2D eigenvalue weighted by Crippen LogP contribution is 2.01. The third kappa shape index (κ3) is 5.68. The Balaban J connectivity index is 1.63. The van der Waals surface area contributed by atoms with E-state index >= 15 is 0 Å². The molecule has 4 nitrogen and oxygen atoms in total. The van der Waals surface area contributed by atoms with Crippen LogP contribution < -0.4 is 0 Å². The second kappa shape index (κ2) is 9.06. The second-order valence-corrected chi connectivity index (χ2v) is 4.55. The lowest BCUT2D eigenvalue weighted by molar-refractivity contribution is 0.0513. The molecule has 0 fully saturated rings. The van der Waals surface area contributed by atoms with Crippen molar-refractivity contribution < 1.29 is 19.1 Å². The fourth-order valence-electron chi connectivity index (χ4n) is 1.75. The molecule has 0 spiro atoms. The van der Waals surface area contributed by atoms with Crippen molar-refractivity contribution in [2.24, 2.45) is 0 Å². The Morgan fingerprint density at radius 2 is 1.26 bits per heavy atom. The molecule has 0 atom stereocenters. The van der Waals surface area contributed by atoms with E-state index in [1.807, 2.05) is 12.1 Å². The predicted molar refractivity (Wildman–Crippen MR) is 85.8 cm³/mol. The molecule has 0 N–H and O–H groups in total. The average Bonchev–Trinajstić information content (AvgIpc) is 2.62. The highest BCUT2D eigenvalue weighted by Gasteiger charge is 2.05. The number of rotatable bonds is 5. The summed E-state index contributed by atoms with van der Waals surface area (Å²) in [6.07, 6.45) is 0.390. The minimum absolute atomic E-state index is 0.0142. The summed E-state index contributed by atoms with van der Waals surface area (Å²) in [5, 5.41) is 0. The van der Waals surface area contributed by atoms with E-state index in [0.717, 1.165) is 0 Å². The van der Waals surface area contributed by atoms with E-state index in [-0.39, 0.29) is 19.2 Å². The van der Waals surface area contributed by atoms with Crippen LogP contribution in [0.1, 0.15) is 27.1 Å². The second-order valence-electron chi connectivity index (χ2n) is 4.55. The summed E-state index contributed by atoms with van der Waals surface area (Å²) < 4.78 is 10.1. The normalized spacial score (nSPS) is 9.39. The Hall–Kier alpha value is -3.06. The van der Waals surface area contributed by atoms with Gasteiger partial charge < -0.3 is 9.47 Å². The van der Waals surface area contributed by atoms with Crippen molar-refractivity contribution in [2.75, 3.05) is 13.2 Å². The summed E-state index contributed by atoms with van der Waals surface area (Å²) in [6.45, 7) is 0.216. The van der Waals surface area contributed by atoms with E-state index in [1.54, 1.807) is 48.5 Å². The quantitative estimate of drug-likeness (QED) is 0.484. The van der Waals surface area contributed by atoms with Crippen LogP contribution in [-0.4, -0.2) is 25.2 Å². The molecule has 2 aromatic carbocycles. The van der Waals surface area contributed by atoms with E-state index in [0.29, 0.717) is 17.5 Å². The smallest absolute Gasteiger partial charge is 0.339 e.